The van der Waals surface area contributed by atoms with Gasteiger partial charge in [0.1, 0.15) is 0 Å². The van der Waals surface area contributed by atoms with Gasteiger partial charge in [-0.2, -0.15) is 13.2 Å². The monoisotopic (exact) mass is 280 g/mol. The lowest BCUT2D eigenvalue weighted by molar-refractivity contribution is -0.188. The van der Waals surface area contributed by atoms with Crippen LogP contribution in [-0.2, 0) is 4.79 Å². The summed E-state index contributed by atoms with van der Waals surface area (Å²) in [5.41, 5.74) is 5.42. The van der Waals surface area contributed by atoms with Crippen molar-refractivity contribution < 1.29 is 18.0 Å². The Morgan fingerprint density at radius 2 is 2.11 bits per heavy atom. The second-order valence-electron chi connectivity index (χ2n) is 5.44. The Bertz CT molecular complexity index is 294. The van der Waals surface area contributed by atoms with Crippen molar-refractivity contribution in [3.8, 4) is 0 Å². The topological polar surface area (TPSA) is 46.3 Å². The van der Waals surface area contributed by atoms with Gasteiger partial charge in [0.25, 0.3) is 0 Å². The Morgan fingerprint density at radius 3 is 2.68 bits per heavy atom. The summed E-state index contributed by atoms with van der Waals surface area (Å²) in [5, 5.41) is 0. The third-order valence-corrected chi connectivity index (χ3v) is 3.75. The molecule has 2 unspecified atom stereocenters. The maximum atomic E-state index is 12.6. The summed E-state index contributed by atoms with van der Waals surface area (Å²) in [6.45, 7) is 2.87. The van der Waals surface area contributed by atoms with Crippen LogP contribution in [0.5, 0.6) is 0 Å². The molecule has 1 heterocycles. The van der Waals surface area contributed by atoms with Crippen LogP contribution in [-0.4, -0.2) is 36.6 Å². The van der Waals surface area contributed by atoms with E-state index in [1.54, 1.807) is 0 Å². The predicted octanol–water partition coefficient (Wildman–Crippen LogP) is 2.55. The normalized spacial score (nSPS) is 22.4. The molecule has 1 fully saturated rings. The number of carbonyl (C=O) groups is 1. The minimum Gasteiger partial charge on any atom is -0.342 e. The van der Waals surface area contributed by atoms with E-state index >= 15 is 0 Å². The Kier molecular flexibility index (Phi) is 6.10. The van der Waals surface area contributed by atoms with E-state index in [0.29, 0.717) is 38.3 Å². The van der Waals surface area contributed by atoms with Crippen LogP contribution in [0.1, 0.15) is 39.0 Å². The number of rotatable bonds is 5. The van der Waals surface area contributed by atoms with Crippen LogP contribution in [0.2, 0.25) is 0 Å². The third kappa shape index (κ3) is 5.38. The minimum absolute atomic E-state index is 0.136. The molecule has 0 saturated carbocycles. The zero-order valence-electron chi connectivity index (χ0n) is 11.4. The number of likely N-dealkylation sites (tertiary alicyclic amines) is 1. The highest BCUT2D eigenvalue weighted by molar-refractivity contribution is 5.76. The fraction of sp³-hybridized carbons (Fsp3) is 0.923. The molecular weight excluding hydrogens is 257 g/mol. The predicted molar refractivity (Wildman–Crippen MR) is 67.4 cm³/mol. The first-order valence-corrected chi connectivity index (χ1v) is 6.89. The highest BCUT2D eigenvalue weighted by atomic mass is 19.4. The van der Waals surface area contributed by atoms with Crippen LogP contribution in [0.15, 0.2) is 0 Å². The summed E-state index contributed by atoms with van der Waals surface area (Å²) in [6.07, 6.45) is -1.75. The van der Waals surface area contributed by atoms with Crippen molar-refractivity contribution in [3.05, 3.63) is 0 Å². The highest BCUT2D eigenvalue weighted by Crippen LogP contribution is 2.33. The number of nitrogens with zero attached hydrogens (tertiary/aromatic N) is 1. The standard InChI is InChI=1S/C13H23F3N2O/c1-10(6-7-17)4-5-12(19)18-8-2-3-11(9-18)13(14,15)16/h10-11H,2-9,17H2,1H3. The summed E-state index contributed by atoms with van der Waals surface area (Å²) in [7, 11) is 0. The first-order valence-electron chi connectivity index (χ1n) is 6.89. The first kappa shape index (κ1) is 16.3. The third-order valence-electron chi connectivity index (χ3n) is 3.75. The molecule has 0 spiro atoms. The number of hydrogen-bond acceptors (Lipinski definition) is 2. The van der Waals surface area contributed by atoms with Crippen molar-refractivity contribution in [3.63, 3.8) is 0 Å². The van der Waals surface area contributed by atoms with Crippen molar-refractivity contribution in [2.24, 2.45) is 17.6 Å². The summed E-state index contributed by atoms with van der Waals surface area (Å²) in [4.78, 5) is 13.3. The van der Waals surface area contributed by atoms with E-state index in [4.69, 9.17) is 5.73 Å². The molecule has 3 nitrogen and oxygen atoms in total. The molecular formula is C13H23F3N2O. The van der Waals surface area contributed by atoms with Crippen molar-refractivity contribution in [2.75, 3.05) is 19.6 Å². The molecule has 0 bridgehead atoms. The van der Waals surface area contributed by atoms with E-state index in [1.165, 1.54) is 4.90 Å². The van der Waals surface area contributed by atoms with Gasteiger partial charge in [-0.05, 0) is 38.1 Å². The van der Waals surface area contributed by atoms with Gasteiger partial charge in [-0.3, -0.25) is 4.79 Å². The molecule has 0 aromatic rings. The van der Waals surface area contributed by atoms with Crippen LogP contribution < -0.4 is 5.73 Å². The summed E-state index contributed by atoms with van der Waals surface area (Å²) in [5.74, 6) is -1.17. The molecule has 1 saturated heterocycles. The zero-order valence-corrected chi connectivity index (χ0v) is 11.4. The SMILES string of the molecule is CC(CCN)CCC(=O)N1CCCC(C(F)(F)F)C1. The van der Waals surface area contributed by atoms with Gasteiger partial charge in [0.15, 0.2) is 0 Å². The molecule has 0 aromatic carbocycles. The second-order valence-corrected chi connectivity index (χ2v) is 5.44. The smallest absolute Gasteiger partial charge is 0.342 e. The number of hydrogen-bond donors (Lipinski definition) is 1. The number of halogens is 3. The Labute approximate surface area is 112 Å². The van der Waals surface area contributed by atoms with E-state index in [0.717, 1.165) is 6.42 Å². The maximum Gasteiger partial charge on any atom is 0.393 e. The fourth-order valence-corrected chi connectivity index (χ4v) is 2.43. The number of carbonyl (C=O) groups excluding carboxylic acids is 1. The van der Waals surface area contributed by atoms with Crippen molar-refractivity contribution >= 4 is 5.91 Å². The van der Waals surface area contributed by atoms with Crippen molar-refractivity contribution in [1.29, 1.82) is 0 Å². The lowest BCUT2D eigenvalue weighted by Gasteiger charge is -2.34. The average molecular weight is 280 g/mol. The number of amides is 1. The van der Waals surface area contributed by atoms with Gasteiger partial charge in [0.05, 0.1) is 5.92 Å². The molecule has 19 heavy (non-hydrogen) atoms. The molecule has 0 aliphatic carbocycles. The fourth-order valence-electron chi connectivity index (χ4n) is 2.43. The summed E-state index contributed by atoms with van der Waals surface area (Å²) >= 11 is 0. The molecule has 1 aliphatic heterocycles. The molecule has 1 amide bonds. The van der Waals surface area contributed by atoms with E-state index in [-0.39, 0.29) is 18.9 Å². The number of nitrogens with two attached hydrogens (primary N) is 1. The van der Waals surface area contributed by atoms with Crippen LogP contribution in [0.25, 0.3) is 0 Å². The number of alkyl halides is 3. The van der Waals surface area contributed by atoms with Gasteiger partial charge >= 0.3 is 6.18 Å². The lowest BCUT2D eigenvalue weighted by atomic mass is 9.96. The van der Waals surface area contributed by atoms with Crippen LogP contribution in [0.3, 0.4) is 0 Å². The zero-order chi connectivity index (χ0) is 14.5. The van der Waals surface area contributed by atoms with E-state index < -0.39 is 12.1 Å². The Morgan fingerprint density at radius 1 is 1.42 bits per heavy atom. The van der Waals surface area contributed by atoms with Crippen LogP contribution >= 0.6 is 0 Å². The van der Waals surface area contributed by atoms with Crippen LogP contribution in [0, 0.1) is 11.8 Å². The molecule has 0 aromatic heterocycles. The largest absolute Gasteiger partial charge is 0.393 e. The molecule has 0 radical (unpaired) electrons. The van der Waals surface area contributed by atoms with E-state index in [2.05, 4.69) is 0 Å². The highest BCUT2D eigenvalue weighted by Gasteiger charge is 2.42. The van der Waals surface area contributed by atoms with Crippen LogP contribution in [0.4, 0.5) is 13.2 Å². The lowest BCUT2D eigenvalue weighted by Crippen LogP contribution is -2.44. The quantitative estimate of drug-likeness (QED) is 0.841. The second kappa shape index (κ2) is 7.12. The minimum atomic E-state index is -4.19. The molecule has 1 rings (SSSR count). The van der Waals surface area contributed by atoms with Gasteiger partial charge in [0, 0.05) is 19.5 Å². The number of piperidine rings is 1. The van der Waals surface area contributed by atoms with Gasteiger partial charge < -0.3 is 10.6 Å². The molecule has 112 valence electrons. The molecule has 1 aliphatic rings. The van der Waals surface area contributed by atoms with E-state index in [9.17, 15) is 18.0 Å². The Balaban J connectivity index is 2.40. The molecule has 2 N–H and O–H groups in total. The van der Waals surface area contributed by atoms with Gasteiger partial charge in [0.2, 0.25) is 5.91 Å². The average Bonchev–Trinajstić information content (AvgIpc) is 2.35. The summed E-state index contributed by atoms with van der Waals surface area (Å²) < 4.78 is 37.9. The van der Waals surface area contributed by atoms with Crippen molar-refractivity contribution in [2.45, 2.75) is 45.2 Å². The van der Waals surface area contributed by atoms with Gasteiger partial charge in [-0.25, -0.2) is 0 Å². The molecule has 6 heteroatoms. The van der Waals surface area contributed by atoms with Gasteiger partial charge in [-0.1, -0.05) is 6.92 Å². The Hall–Kier alpha value is -0.780. The maximum absolute atomic E-state index is 12.6. The van der Waals surface area contributed by atoms with E-state index in [1.807, 2.05) is 6.92 Å². The summed E-state index contributed by atoms with van der Waals surface area (Å²) in [6, 6.07) is 0. The first-order chi connectivity index (χ1) is 8.84. The van der Waals surface area contributed by atoms with Crippen molar-refractivity contribution in [1.82, 2.24) is 4.90 Å². The molecule has 2 atom stereocenters. The van der Waals surface area contributed by atoms with Gasteiger partial charge in [-0.15, -0.1) is 0 Å².